The summed E-state index contributed by atoms with van der Waals surface area (Å²) < 4.78 is 12.1. The van der Waals surface area contributed by atoms with Gasteiger partial charge in [-0.05, 0) is 74.9 Å². The van der Waals surface area contributed by atoms with Crippen LogP contribution in [0.5, 0.6) is 0 Å². The quantitative estimate of drug-likeness (QED) is 0.0542. The zero-order valence-electron chi connectivity index (χ0n) is 26.3. The van der Waals surface area contributed by atoms with Crippen LogP contribution < -0.4 is 4.47 Å². The molecular weight excluding hydrogens is 580 g/mol. The van der Waals surface area contributed by atoms with E-state index in [9.17, 15) is 19.9 Å². The van der Waals surface area contributed by atoms with Crippen LogP contribution in [0.15, 0.2) is 68.1 Å². The van der Waals surface area contributed by atoms with Gasteiger partial charge in [0.05, 0.1) is 19.6 Å². The van der Waals surface area contributed by atoms with E-state index in [1.807, 2.05) is 56.3 Å². The monoisotopic (exact) mass is 622 g/mol. The number of aromatic nitrogens is 1. The molecule has 0 aliphatic heterocycles. The number of aryl methyl sites for hydroxylation is 1. The number of ether oxygens (including phenoxy) is 1. The number of aliphatic carboxylic acids is 1. The van der Waals surface area contributed by atoms with Gasteiger partial charge in [-0.15, -0.1) is 0 Å². The van der Waals surface area contributed by atoms with Gasteiger partial charge in [-0.25, -0.2) is 4.99 Å². The van der Waals surface area contributed by atoms with Crippen LogP contribution in [0.3, 0.4) is 0 Å². The van der Waals surface area contributed by atoms with Gasteiger partial charge >= 0.3 is 5.97 Å². The number of carbonyl (C=O) groups is 2. The van der Waals surface area contributed by atoms with Crippen molar-refractivity contribution >= 4 is 36.0 Å². The first-order valence-electron chi connectivity index (χ1n) is 14.7. The number of aliphatic imine (C=N–C) groups is 1. The Morgan fingerprint density at radius 3 is 2.52 bits per heavy atom. The molecule has 0 aliphatic carbocycles. The van der Waals surface area contributed by atoms with E-state index in [1.165, 1.54) is 0 Å². The van der Waals surface area contributed by atoms with E-state index in [0.29, 0.717) is 54.9 Å². The van der Waals surface area contributed by atoms with Gasteiger partial charge in [0.15, 0.2) is 0 Å². The number of amidine groups is 1. The molecule has 0 fully saturated rings. The van der Waals surface area contributed by atoms with Crippen molar-refractivity contribution in [2.75, 3.05) is 11.1 Å². The minimum absolute atomic E-state index is 0.106. The average Bonchev–Trinajstić information content (AvgIpc) is 3.34. The second-order valence-corrected chi connectivity index (χ2v) is 11.4. The van der Waals surface area contributed by atoms with Crippen LogP contribution in [0, 0.1) is 13.8 Å². The van der Waals surface area contributed by atoms with Crippen molar-refractivity contribution in [2.45, 2.75) is 85.3 Å². The maximum Gasteiger partial charge on any atom is 0.307 e. The second-order valence-electron chi connectivity index (χ2n) is 10.5. The number of amides is 1. The molecule has 1 heterocycles. The van der Waals surface area contributed by atoms with Gasteiger partial charge in [0.2, 0.25) is 12.2 Å². The molecule has 44 heavy (non-hydrogen) atoms. The Kier molecular flexibility index (Phi) is 13.2. The number of unbranched alkanes of at least 4 members (excludes halogenated alkanes) is 1. The summed E-state index contributed by atoms with van der Waals surface area (Å²) in [6.45, 7) is 12.3. The number of carboxylic acid groups (broad SMARTS) is 1. The normalized spacial score (nSPS) is 12.2. The van der Waals surface area contributed by atoms with Crippen LogP contribution in [-0.2, 0) is 27.5 Å². The lowest BCUT2D eigenvalue weighted by Gasteiger charge is -2.22. The van der Waals surface area contributed by atoms with E-state index in [1.54, 1.807) is 25.7 Å². The van der Waals surface area contributed by atoms with Crippen LogP contribution in [0.1, 0.15) is 75.8 Å². The number of carbonyl (C=O) groups excluding carboxylic acids is 1. The molecule has 2 aromatic carbocycles. The standard InChI is InChI=1S/C33H42N4O6S/c1-7-9-14-31(34-24(5)22(3)17-32(39)40)36(21-38)19-26-15-16-28(27(18-26)20-42-8-2)29-12-10-11-13-30(29)44-37(41)33-23(4)25(6)43-35-33/h10-13,15-16,18,21,41H,7-9,14,17,19-20H2,1-6H3,(H,39,40)/b24-22+,34-31?. The van der Waals surface area contributed by atoms with Crippen LogP contribution >= 0.6 is 11.9 Å². The van der Waals surface area contributed by atoms with Crippen molar-refractivity contribution in [3.05, 3.63) is 76.2 Å². The number of hydrogen-bond donors (Lipinski definition) is 2. The predicted molar refractivity (Wildman–Crippen MR) is 173 cm³/mol. The number of carboxylic acids is 1. The van der Waals surface area contributed by atoms with E-state index < -0.39 is 5.97 Å². The fourth-order valence-electron chi connectivity index (χ4n) is 4.46. The number of hydrogen-bond acceptors (Lipinski definition) is 9. The summed E-state index contributed by atoms with van der Waals surface area (Å²) in [5.74, 6) is 0.653. The van der Waals surface area contributed by atoms with Crippen LogP contribution in [0.2, 0.25) is 0 Å². The van der Waals surface area contributed by atoms with Crippen LogP contribution in [0.4, 0.5) is 5.82 Å². The molecular formula is C33H42N4O6S. The predicted octanol–water partition coefficient (Wildman–Crippen LogP) is 7.71. The molecule has 0 saturated carbocycles. The van der Waals surface area contributed by atoms with Crippen molar-refractivity contribution in [3.8, 4) is 11.1 Å². The lowest BCUT2D eigenvalue weighted by atomic mass is 9.97. The first kappa shape index (κ1) is 34.6. The molecule has 3 rings (SSSR count). The molecule has 2 N–H and O–H groups in total. The fraction of sp³-hybridized carbons (Fsp3) is 0.394. The summed E-state index contributed by atoms with van der Waals surface area (Å²) in [5, 5.41) is 24.0. The number of benzene rings is 2. The summed E-state index contributed by atoms with van der Waals surface area (Å²) in [5.41, 5.74) is 5.67. The summed E-state index contributed by atoms with van der Waals surface area (Å²) in [6, 6.07) is 13.8. The van der Waals surface area contributed by atoms with Gasteiger partial charge < -0.3 is 14.4 Å². The molecule has 0 aliphatic rings. The van der Waals surface area contributed by atoms with E-state index in [2.05, 4.69) is 12.1 Å². The minimum Gasteiger partial charge on any atom is -0.481 e. The average molecular weight is 623 g/mol. The molecule has 1 aromatic heterocycles. The molecule has 3 aromatic rings. The maximum atomic E-state index is 12.3. The molecule has 0 spiro atoms. The van der Waals surface area contributed by atoms with Gasteiger partial charge in [0.25, 0.3) is 0 Å². The van der Waals surface area contributed by atoms with Gasteiger partial charge in [-0.1, -0.05) is 54.9 Å². The van der Waals surface area contributed by atoms with Crippen LogP contribution in [-0.4, -0.2) is 45.2 Å². The Labute approximate surface area is 263 Å². The number of rotatable bonds is 16. The Balaban J connectivity index is 1.97. The highest BCUT2D eigenvalue weighted by Crippen LogP contribution is 2.38. The van der Waals surface area contributed by atoms with Gasteiger partial charge in [-0.2, -0.15) is 4.47 Å². The highest BCUT2D eigenvalue weighted by Gasteiger charge is 2.20. The first-order valence-corrected chi connectivity index (χ1v) is 15.4. The van der Waals surface area contributed by atoms with Crippen molar-refractivity contribution < 1.29 is 29.2 Å². The van der Waals surface area contributed by atoms with Gasteiger partial charge in [-0.3, -0.25) is 19.7 Å². The zero-order valence-corrected chi connectivity index (χ0v) is 27.1. The maximum absolute atomic E-state index is 12.3. The Bertz CT molecular complexity index is 1500. The molecule has 0 atom stereocenters. The van der Waals surface area contributed by atoms with Crippen molar-refractivity contribution in [1.82, 2.24) is 10.1 Å². The molecule has 0 unspecified atom stereocenters. The summed E-state index contributed by atoms with van der Waals surface area (Å²) in [7, 11) is 0. The summed E-state index contributed by atoms with van der Waals surface area (Å²) in [6.07, 6.45) is 3.02. The number of allylic oxidation sites excluding steroid dienone is 1. The van der Waals surface area contributed by atoms with Gasteiger partial charge in [0, 0.05) is 41.1 Å². The third-order valence-corrected chi connectivity index (χ3v) is 8.10. The number of anilines is 1. The van der Waals surface area contributed by atoms with E-state index in [4.69, 9.17) is 14.3 Å². The zero-order chi connectivity index (χ0) is 32.2. The SMILES string of the molecule is CCCCC(=N/C(C)=C(\C)CC(=O)O)N(C=O)Cc1ccc(-c2ccccc2SN(O)c2noc(C)c2C)c(COCC)c1. The topological polar surface area (TPSA) is 129 Å². The third-order valence-electron chi connectivity index (χ3n) is 7.20. The van der Waals surface area contributed by atoms with Crippen molar-refractivity contribution in [1.29, 1.82) is 0 Å². The minimum atomic E-state index is -0.920. The third kappa shape index (κ3) is 9.28. The smallest absolute Gasteiger partial charge is 0.307 e. The molecule has 11 heteroatoms. The number of nitrogens with zero attached hydrogens (tertiary/aromatic N) is 4. The molecule has 1 amide bonds. The Hall–Kier alpha value is -3.93. The Morgan fingerprint density at radius 1 is 1.14 bits per heavy atom. The second kappa shape index (κ2) is 16.8. The molecule has 10 nitrogen and oxygen atoms in total. The molecule has 0 saturated heterocycles. The van der Waals surface area contributed by atoms with Crippen molar-refractivity contribution in [3.63, 3.8) is 0 Å². The highest BCUT2D eigenvalue weighted by atomic mass is 32.2. The van der Waals surface area contributed by atoms with E-state index in [-0.39, 0.29) is 6.42 Å². The molecule has 0 bridgehead atoms. The molecule has 236 valence electrons. The van der Waals surface area contributed by atoms with Crippen LogP contribution in [0.25, 0.3) is 11.1 Å². The summed E-state index contributed by atoms with van der Waals surface area (Å²) >= 11 is 1.13. The van der Waals surface area contributed by atoms with E-state index in [0.717, 1.165) is 68.4 Å². The highest BCUT2D eigenvalue weighted by molar-refractivity contribution is 8.00. The van der Waals surface area contributed by atoms with Gasteiger partial charge in [0.1, 0.15) is 11.6 Å². The molecule has 0 radical (unpaired) electrons. The fourth-order valence-corrected chi connectivity index (χ4v) is 5.32. The Morgan fingerprint density at radius 2 is 1.89 bits per heavy atom. The largest absolute Gasteiger partial charge is 0.481 e. The summed E-state index contributed by atoms with van der Waals surface area (Å²) in [4.78, 5) is 30.7. The lowest BCUT2D eigenvalue weighted by molar-refractivity contribution is -0.136. The lowest BCUT2D eigenvalue weighted by Crippen LogP contribution is -2.29. The first-order chi connectivity index (χ1) is 21.1. The van der Waals surface area contributed by atoms with Crippen molar-refractivity contribution in [2.24, 2.45) is 4.99 Å². The van der Waals surface area contributed by atoms with E-state index >= 15 is 0 Å².